The summed E-state index contributed by atoms with van der Waals surface area (Å²) in [6.07, 6.45) is 7.26. The fourth-order valence-corrected chi connectivity index (χ4v) is 3.56. The van der Waals surface area contributed by atoms with Crippen molar-refractivity contribution in [2.45, 2.75) is 31.1 Å². The number of nitrogens with zero attached hydrogens (tertiary/aromatic N) is 2. The highest BCUT2D eigenvalue weighted by Gasteiger charge is 2.19. The molecule has 0 bridgehead atoms. The fraction of sp³-hybridized carbons (Fsp3) is 0.333. The number of fused-ring (bicyclic) bond motifs is 1. The minimum Gasteiger partial charge on any atom is -0.412 e. The highest BCUT2D eigenvalue weighted by Crippen LogP contribution is 2.28. The second-order valence-corrected chi connectivity index (χ2v) is 7.88. The van der Waals surface area contributed by atoms with Crippen LogP contribution < -0.4 is 10.6 Å². The van der Waals surface area contributed by atoms with Crippen molar-refractivity contribution in [3.63, 3.8) is 0 Å². The fourth-order valence-electron chi connectivity index (χ4n) is 2.90. The number of H-pyrrole nitrogens is 1. The Morgan fingerprint density at radius 2 is 1.96 bits per heavy atom. The lowest BCUT2D eigenvalue weighted by atomic mass is 9.93. The van der Waals surface area contributed by atoms with Gasteiger partial charge in [0.05, 0.1) is 5.39 Å². The molecule has 0 amide bonds. The summed E-state index contributed by atoms with van der Waals surface area (Å²) in [6, 6.07) is 10.4. The Morgan fingerprint density at radius 3 is 2.62 bits per heavy atom. The minimum atomic E-state index is -0.834. The number of hydrogen-bond acceptors (Lipinski definition) is 5. The molecule has 2 heterocycles. The molecule has 26 heavy (non-hydrogen) atoms. The Labute approximate surface area is 154 Å². The van der Waals surface area contributed by atoms with Crippen LogP contribution >= 0.6 is 0 Å². The number of anilines is 3. The van der Waals surface area contributed by atoms with Crippen molar-refractivity contribution in [2.75, 3.05) is 16.9 Å². The summed E-state index contributed by atoms with van der Waals surface area (Å²) in [7, 11) is -0.834. The van der Waals surface area contributed by atoms with Gasteiger partial charge >= 0.3 is 0 Å². The molecule has 1 atom stereocenters. The van der Waals surface area contributed by atoms with E-state index in [0.29, 0.717) is 17.7 Å². The molecule has 1 fully saturated rings. The second kappa shape index (κ2) is 7.84. The Hall–Kier alpha value is -2.45. The van der Waals surface area contributed by atoms with Gasteiger partial charge in [0.25, 0.3) is 0 Å². The normalized spacial score (nSPS) is 15.1. The Bertz CT molecular complexity index is 906. The first-order valence-electron chi connectivity index (χ1n) is 8.45. The SMILES string of the molecule is CS(=O)Cc1ccc(Nc2nc(NC3CCC3)c3cc[nH]c3n2)cc1.O. The number of aromatic amines is 1. The predicted octanol–water partition coefficient (Wildman–Crippen LogP) is 2.72. The summed E-state index contributed by atoms with van der Waals surface area (Å²) < 4.78 is 11.3. The van der Waals surface area contributed by atoms with Crippen molar-refractivity contribution in [3.05, 3.63) is 42.1 Å². The van der Waals surface area contributed by atoms with E-state index in [1.165, 1.54) is 19.3 Å². The number of benzene rings is 1. The Balaban J connectivity index is 0.00000196. The molecule has 1 saturated carbocycles. The third-order valence-corrected chi connectivity index (χ3v) is 5.18. The van der Waals surface area contributed by atoms with Crippen LogP contribution in [0.3, 0.4) is 0 Å². The first-order valence-corrected chi connectivity index (χ1v) is 10.2. The molecule has 7 nitrogen and oxygen atoms in total. The quantitative estimate of drug-likeness (QED) is 0.615. The summed E-state index contributed by atoms with van der Waals surface area (Å²) in [5.74, 6) is 2.00. The molecule has 1 unspecified atom stereocenters. The molecule has 4 rings (SSSR count). The number of rotatable bonds is 6. The highest BCUT2D eigenvalue weighted by molar-refractivity contribution is 7.83. The van der Waals surface area contributed by atoms with Crippen molar-refractivity contribution in [3.8, 4) is 0 Å². The van der Waals surface area contributed by atoms with E-state index >= 15 is 0 Å². The molecule has 0 spiro atoms. The number of hydrogen-bond donors (Lipinski definition) is 3. The maximum atomic E-state index is 11.3. The van der Waals surface area contributed by atoms with Crippen LogP contribution in [0.1, 0.15) is 24.8 Å². The standard InChI is InChI=1S/C18H21N5OS.H2O/c1-25(24)11-12-5-7-14(8-6-12)21-18-22-16-15(9-10-19-16)17(23-18)20-13-3-2-4-13;/h5-10,13H,2-4,11H2,1H3,(H3,19,20,21,22,23);1H2. The van der Waals surface area contributed by atoms with Gasteiger partial charge in [-0.1, -0.05) is 12.1 Å². The first kappa shape index (κ1) is 18.3. The molecule has 0 aliphatic heterocycles. The van der Waals surface area contributed by atoms with E-state index in [0.717, 1.165) is 28.1 Å². The van der Waals surface area contributed by atoms with E-state index < -0.39 is 10.8 Å². The third-order valence-electron chi connectivity index (χ3n) is 4.44. The van der Waals surface area contributed by atoms with Gasteiger partial charge in [0, 0.05) is 40.7 Å². The summed E-state index contributed by atoms with van der Waals surface area (Å²) in [5.41, 5.74) is 2.78. The topological polar surface area (TPSA) is 114 Å². The van der Waals surface area contributed by atoms with E-state index in [1.807, 2.05) is 36.5 Å². The molecule has 0 radical (unpaired) electrons. The monoisotopic (exact) mass is 373 g/mol. The van der Waals surface area contributed by atoms with E-state index in [9.17, 15) is 4.21 Å². The van der Waals surface area contributed by atoms with E-state index in [4.69, 9.17) is 0 Å². The molecular formula is C18H23N5O2S. The zero-order valence-corrected chi connectivity index (χ0v) is 15.4. The summed E-state index contributed by atoms with van der Waals surface area (Å²) in [4.78, 5) is 12.4. The molecule has 8 heteroatoms. The van der Waals surface area contributed by atoms with Crippen molar-refractivity contribution in [1.82, 2.24) is 15.0 Å². The van der Waals surface area contributed by atoms with E-state index in [2.05, 4.69) is 25.6 Å². The number of aromatic nitrogens is 3. The maximum Gasteiger partial charge on any atom is 0.231 e. The lowest BCUT2D eigenvalue weighted by Crippen LogP contribution is -2.27. The lowest BCUT2D eigenvalue weighted by Gasteiger charge is -2.27. The zero-order chi connectivity index (χ0) is 17.2. The number of nitrogens with one attached hydrogen (secondary N) is 3. The van der Waals surface area contributed by atoms with Crippen LogP contribution in [0.2, 0.25) is 0 Å². The molecule has 138 valence electrons. The Kier molecular flexibility index (Phi) is 5.53. The van der Waals surface area contributed by atoms with Gasteiger partial charge in [0.15, 0.2) is 0 Å². The zero-order valence-electron chi connectivity index (χ0n) is 14.6. The van der Waals surface area contributed by atoms with E-state index in [-0.39, 0.29) is 5.48 Å². The predicted molar refractivity (Wildman–Crippen MR) is 106 cm³/mol. The van der Waals surface area contributed by atoms with Gasteiger partial charge in [-0.15, -0.1) is 0 Å². The van der Waals surface area contributed by atoms with Gasteiger partial charge in [-0.25, -0.2) is 0 Å². The summed E-state index contributed by atoms with van der Waals surface area (Å²) >= 11 is 0. The van der Waals surface area contributed by atoms with Gasteiger partial charge in [0.2, 0.25) is 5.95 Å². The molecule has 1 aliphatic rings. The molecule has 0 saturated heterocycles. The lowest BCUT2D eigenvalue weighted by molar-refractivity contribution is 0.445. The largest absolute Gasteiger partial charge is 0.412 e. The van der Waals surface area contributed by atoms with Crippen molar-refractivity contribution in [1.29, 1.82) is 0 Å². The van der Waals surface area contributed by atoms with Crippen LogP contribution in [0.25, 0.3) is 11.0 Å². The van der Waals surface area contributed by atoms with Crippen molar-refractivity contribution in [2.24, 2.45) is 0 Å². The molecule has 5 N–H and O–H groups in total. The average Bonchev–Trinajstić information content (AvgIpc) is 3.01. The smallest absolute Gasteiger partial charge is 0.231 e. The Morgan fingerprint density at radius 1 is 1.19 bits per heavy atom. The van der Waals surface area contributed by atoms with Crippen molar-refractivity contribution >= 4 is 39.3 Å². The first-order chi connectivity index (χ1) is 12.2. The average molecular weight is 373 g/mol. The highest BCUT2D eigenvalue weighted by atomic mass is 32.2. The third kappa shape index (κ3) is 4.03. The van der Waals surface area contributed by atoms with Gasteiger partial charge in [-0.3, -0.25) is 4.21 Å². The second-order valence-electron chi connectivity index (χ2n) is 6.45. The molecule has 2 aromatic heterocycles. The van der Waals surface area contributed by atoms with E-state index in [1.54, 1.807) is 6.26 Å². The van der Waals surface area contributed by atoms with Gasteiger partial charge in [-0.2, -0.15) is 9.97 Å². The summed E-state index contributed by atoms with van der Waals surface area (Å²) in [6.45, 7) is 0. The van der Waals surface area contributed by atoms with Crippen LogP contribution in [-0.4, -0.2) is 36.9 Å². The van der Waals surface area contributed by atoms with Gasteiger partial charge in [0.1, 0.15) is 11.5 Å². The van der Waals surface area contributed by atoms with Crippen LogP contribution in [0.4, 0.5) is 17.5 Å². The van der Waals surface area contributed by atoms with Crippen LogP contribution in [0.15, 0.2) is 36.5 Å². The minimum absolute atomic E-state index is 0. The van der Waals surface area contributed by atoms with Gasteiger partial charge < -0.3 is 21.1 Å². The summed E-state index contributed by atoms with van der Waals surface area (Å²) in [5, 5.41) is 7.79. The molecule has 3 aromatic rings. The van der Waals surface area contributed by atoms with Crippen LogP contribution in [-0.2, 0) is 16.6 Å². The van der Waals surface area contributed by atoms with Gasteiger partial charge in [-0.05, 0) is 43.0 Å². The van der Waals surface area contributed by atoms with Crippen molar-refractivity contribution < 1.29 is 9.69 Å². The molecular weight excluding hydrogens is 350 g/mol. The van der Waals surface area contributed by atoms with Crippen LogP contribution in [0.5, 0.6) is 0 Å². The van der Waals surface area contributed by atoms with Crippen LogP contribution in [0, 0.1) is 0 Å². The molecule has 1 aliphatic carbocycles. The molecule has 1 aromatic carbocycles. The maximum absolute atomic E-state index is 11.3.